The molecule has 0 aliphatic rings. The number of rotatable bonds is 8. The van der Waals surface area contributed by atoms with Gasteiger partial charge < -0.3 is 9.47 Å². The molecule has 1 amide bonds. The quantitative estimate of drug-likeness (QED) is 0.268. The summed E-state index contributed by atoms with van der Waals surface area (Å²) in [6.07, 6.45) is 6.63. The fourth-order valence-electron chi connectivity index (χ4n) is 2.33. The average Bonchev–Trinajstić information content (AvgIpc) is 2.79. The Hall–Kier alpha value is -4.07. The second kappa shape index (κ2) is 10.5. The van der Waals surface area contributed by atoms with Crippen LogP contribution in [0.25, 0.3) is 0 Å². The highest BCUT2D eigenvalue weighted by atomic mass is 16.5. The van der Waals surface area contributed by atoms with Crippen molar-refractivity contribution in [1.82, 2.24) is 15.4 Å². The van der Waals surface area contributed by atoms with Crippen LogP contribution in [-0.4, -0.2) is 34.7 Å². The van der Waals surface area contributed by atoms with Crippen LogP contribution in [0.3, 0.4) is 0 Å². The number of esters is 1. The minimum Gasteiger partial charge on any atom is -0.494 e. The molecule has 0 aliphatic heterocycles. The van der Waals surface area contributed by atoms with E-state index in [0.29, 0.717) is 29.2 Å². The van der Waals surface area contributed by atoms with Crippen LogP contribution in [0, 0.1) is 0 Å². The minimum atomic E-state index is -0.463. The summed E-state index contributed by atoms with van der Waals surface area (Å²) in [5, 5.41) is 3.87. The monoisotopic (exact) mass is 404 g/mol. The first kappa shape index (κ1) is 20.7. The molecule has 30 heavy (non-hydrogen) atoms. The van der Waals surface area contributed by atoms with Gasteiger partial charge in [-0.15, -0.1) is 0 Å². The zero-order chi connectivity index (χ0) is 21.2. The molecule has 0 saturated heterocycles. The highest BCUT2D eigenvalue weighted by molar-refractivity contribution is 5.93. The number of benzene rings is 2. The number of amides is 1. The van der Waals surface area contributed by atoms with Crippen molar-refractivity contribution in [1.29, 1.82) is 0 Å². The normalized spacial score (nSPS) is 10.6. The first-order valence-electron chi connectivity index (χ1n) is 9.30. The summed E-state index contributed by atoms with van der Waals surface area (Å²) >= 11 is 0. The lowest BCUT2D eigenvalue weighted by Gasteiger charge is -2.07. The van der Waals surface area contributed by atoms with Crippen LogP contribution >= 0.6 is 0 Å². The molecule has 0 aliphatic carbocycles. The van der Waals surface area contributed by atoms with Crippen LogP contribution in [0.2, 0.25) is 0 Å². The molecule has 0 atom stereocenters. The Morgan fingerprint density at radius 3 is 2.43 bits per heavy atom. The molecule has 3 rings (SSSR count). The van der Waals surface area contributed by atoms with Gasteiger partial charge in [-0.2, -0.15) is 5.10 Å². The lowest BCUT2D eigenvalue weighted by atomic mass is 10.2. The predicted molar refractivity (Wildman–Crippen MR) is 111 cm³/mol. The third kappa shape index (κ3) is 5.96. The second-order valence-corrected chi connectivity index (χ2v) is 6.12. The van der Waals surface area contributed by atoms with Crippen molar-refractivity contribution in [3.05, 3.63) is 83.9 Å². The van der Waals surface area contributed by atoms with Gasteiger partial charge in [0.05, 0.1) is 24.6 Å². The van der Waals surface area contributed by atoms with E-state index in [4.69, 9.17) is 9.47 Å². The van der Waals surface area contributed by atoms with Gasteiger partial charge in [0.1, 0.15) is 17.2 Å². The number of nitrogens with zero attached hydrogens (tertiary/aromatic N) is 3. The van der Waals surface area contributed by atoms with Crippen LogP contribution in [0.5, 0.6) is 11.5 Å². The fraction of sp³-hybridized carbons (Fsp3) is 0.136. The average molecular weight is 404 g/mol. The summed E-state index contributed by atoms with van der Waals surface area (Å²) in [5.41, 5.74) is 3.68. The number of hydrazone groups is 1. The molecule has 0 spiro atoms. The standard InChI is InChI=1S/C22H20N4O4/c1-2-13-29-18-9-5-17(6-10-18)22(28)30-19-7-3-16(4-8-19)14-25-26-21(27)20-15-23-11-12-24-20/h3-12,14-15H,2,13H2,1H3,(H,26,27). The third-order valence-electron chi connectivity index (χ3n) is 3.83. The molecule has 1 aromatic heterocycles. The van der Waals surface area contributed by atoms with Gasteiger partial charge in [0, 0.05) is 12.4 Å². The summed E-state index contributed by atoms with van der Waals surface area (Å²) in [7, 11) is 0. The zero-order valence-corrected chi connectivity index (χ0v) is 16.3. The van der Waals surface area contributed by atoms with Gasteiger partial charge in [-0.25, -0.2) is 15.2 Å². The van der Waals surface area contributed by atoms with Gasteiger partial charge in [0.25, 0.3) is 5.91 Å². The van der Waals surface area contributed by atoms with Crippen molar-refractivity contribution in [2.75, 3.05) is 6.61 Å². The Labute approximate surface area is 173 Å². The molecule has 1 N–H and O–H groups in total. The van der Waals surface area contributed by atoms with E-state index in [1.54, 1.807) is 48.5 Å². The summed E-state index contributed by atoms with van der Waals surface area (Å²) in [6.45, 7) is 2.66. The number of carbonyl (C=O) groups excluding carboxylic acids is 2. The first-order chi connectivity index (χ1) is 14.7. The molecule has 2 aromatic carbocycles. The van der Waals surface area contributed by atoms with Crippen molar-refractivity contribution in [3.8, 4) is 11.5 Å². The smallest absolute Gasteiger partial charge is 0.343 e. The number of ether oxygens (including phenoxy) is 2. The Morgan fingerprint density at radius 1 is 1.03 bits per heavy atom. The number of carbonyl (C=O) groups is 2. The minimum absolute atomic E-state index is 0.168. The topological polar surface area (TPSA) is 103 Å². The summed E-state index contributed by atoms with van der Waals surface area (Å²) in [5.74, 6) is 0.182. The van der Waals surface area contributed by atoms with E-state index in [1.807, 2.05) is 6.92 Å². The molecule has 152 valence electrons. The largest absolute Gasteiger partial charge is 0.494 e. The Balaban J connectivity index is 1.52. The predicted octanol–water partition coefficient (Wildman–Crippen LogP) is 3.25. The SMILES string of the molecule is CCCOc1ccc(C(=O)Oc2ccc(C=NNC(=O)c3cnccn3)cc2)cc1. The van der Waals surface area contributed by atoms with E-state index in [1.165, 1.54) is 24.8 Å². The van der Waals surface area contributed by atoms with Gasteiger partial charge in [-0.05, 0) is 60.5 Å². The molecule has 8 heteroatoms. The summed E-state index contributed by atoms with van der Waals surface area (Å²) in [6, 6.07) is 13.5. The molecule has 0 bridgehead atoms. The molecular weight excluding hydrogens is 384 g/mol. The Kier molecular flexibility index (Phi) is 7.21. The number of aromatic nitrogens is 2. The maximum Gasteiger partial charge on any atom is 0.343 e. The van der Waals surface area contributed by atoms with Crippen LogP contribution in [0.15, 0.2) is 72.2 Å². The van der Waals surface area contributed by atoms with Crippen LogP contribution in [-0.2, 0) is 0 Å². The zero-order valence-electron chi connectivity index (χ0n) is 16.3. The van der Waals surface area contributed by atoms with Gasteiger partial charge in [-0.3, -0.25) is 9.78 Å². The molecule has 0 unspecified atom stereocenters. The highest BCUT2D eigenvalue weighted by Crippen LogP contribution is 2.16. The number of nitrogens with one attached hydrogen (secondary N) is 1. The van der Waals surface area contributed by atoms with Gasteiger partial charge in [0.15, 0.2) is 0 Å². The molecule has 0 fully saturated rings. The molecule has 8 nitrogen and oxygen atoms in total. The third-order valence-corrected chi connectivity index (χ3v) is 3.83. The van der Waals surface area contributed by atoms with Crippen LogP contribution < -0.4 is 14.9 Å². The Bertz CT molecular complexity index is 1000. The van der Waals surface area contributed by atoms with Gasteiger partial charge >= 0.3 is 5.97 Å². The van der Waals surface area contributed by atoms with E-state index in [0.717, 1.165) is 6.42 Å². The lowest BCUT2D eigenvalue weighted by Crippen LogP contribution is -2.19. The highest BCUT2D eigenvalue weighted by Gasteiger charge is 2.09. The molecular formula is C22H20N4O4. The van der Waals surface area contributed by atoms with Crippen molar-refractivity contribution in [2.45, 2.75) is 13.3 Å². The number of hydrogen-bond donors (Lipinski definition) is 1. The maximum absolute atomic E-state index is 12.3. The second-order valence-electron chi connectivity index (χ2n) is 6.12. The van der Waals surface area contributed by atoms with Crippen molar-refractivity contribution in [2.24, 2.45) is 5.10 Å². The van der Waals surface area contributed by atoms with E-state index in [9.17, 15) is 9.59 Å². The fourth-order valence-corrected chi connectivity index (χ4v) is 2.33. The summed E-state index contributed by atoms with van der Waals surface area (Å²) in [4.78, 5) is 31.8. The van der Waals surface area contributed by atoms with Crippen molar-refractivity contribution in [3.63, 3.8) is 0 Å². The van der Waals surface area contributed by atoms with E-state index >= 15 is 0 Å². The molecule has 0 radical (unpaired) electrons. The van der Waals surface area contributed by atoms with E-state index < -0.39 is 11.9 Å². The maximum atomic E-state index is 12.3. The number of hydrogen-bond acceptors (Lipinski definition) is 7. The molecule has 1 heterocycles. The van der Waals surface area contributed by atoms with Crippen LogP contribution in [0.1, 0.15) is 39.8 Å². The van der Waals surface area contributed by atoms with E-state index in [2.05, 4.69) is 20.5 Å². The molecule has 0 saturated carbocycles. The Morgan fingerprint density at radius 2 is 1.77 bits per heavy atom. The van der Waals surface area contributed by atoms with Gasteiger partial charge in [-0.1, -0.05) is 6.92 Å². The first-order valence-corrected chi connectivity index (χ1v) is 9.30. The summed E-state index contributed by atoms with van der Waals surface area (Å²) < 4.78 is 10.9. The lowest BCUT2D eigenvalue weighted by molar-refractivity contribution is 0.0734. The van der Waals surface area contributed by atoms with Crippen molar-refractivity contribution < 1.29 is 19.1 Å². The molecule has 3 aromatic rings. The van der Waals surface area contributed by atoms with Crippen molar-refractivity contribution >= 4 is 18.1 Å². The van der Waals surface area contributed by atoms with Gasteiger partial charge in [0.2, 0.25) is 0 Å². The van der Waals surface area contributed by atoms with Crippen LogP contribution in [0.4, 0.5) is 0 Å². The van der Waals surface area contributed by atoms with E-state index in [-0.39, 0.29) is 5.69 Å².